The predicted molar refractivity (Wildman–Crippen MR) is 215 cm³/mol. The molecule has 4 nitrogen and oxygen atoms in total. The van der Waals surface area contributed by atoms with Crippen LogP contribution in [-0.4, -0.2) is 16.6 Å². The van der Waals surface area contributed by atoms with E-state index in [1.807, 2.05) is 11.3 Å². The molecule has 0 saturated heterocycles. The second-order valence-electron chi connectivity index (χ2n) is 13.2. The van der Waals surface area contributed by atoms with Gasteiger partial charge in [0.05, 0.1) is 28.3 Å². The van der Waals surface area contributed by atoms with Gasteiger partial charge in [-0.1, -0.05) is 127 Å². The Hall–Kier alpha value is -6.43. The summed E-state index contributed by atoms with van der Waals surface area (Å²) < 4.78 is 5.08. The maximum absolute atomic E-state index is 5.53. The van der Waals surface area contributed by atoms with Crippen LogP contribution in [0.2, 0.25) is 0 Å². The van der Waals surface area contributed by atoms with Crippen molar-refractivity contribution in [3.63, 3.8) is 0 Å². The summed E-state index contributed by atoms with van der Waals surface area (Å²) in [6.45, 7) is 0. The highest BCUT2D eigenvalue weighted by atomic mass is 32.1. The summed E-state index contributed by atoms with van der Waals surface area (Å²) in [5, 5.41) is 7.68. The summed E-state index contributed by atoms with van der Waals surface area (Å²) in [6, 6.07) is 61.3. The molecule has 1 atom stereocenters. The number of aromatic nitrogens is 1. The minimum atomic E-state index is -0.393. The molecule has 2 aliphatic rings. The molecule has 51 heavy (non-hydrogen) atoms. The first-order valence-corrected chi connectivity index (χ1v) is 18.2. The van der Waals surface area contributed by atoms with Crippen LogP contribution < -0.4 is 10.2 Å². The zero-order valence-electron chi connectivity index (χ0n) is 27.5. The van der Waals surface area contributed by atoms with E-state index in [9.17, 15) is 0 Å². The molecule has 0 fully saturated rings. The molecule has 0 aliphatic carbocycles. The fraction of sp³-hybridized carbons (Fsp3) is 0.0217. The fourth-order valence-electron chi connectivity index (χ4n) is 8.19. The van der Waals surface area contributed by atoms with Crippen LogP contribution in [0.15, 0.2) is 175 Å². The second kappa shape index (κ2) is 11.0. The van der Waals surface area contributed by atoms with E-state index < -0.39 is 6.29 Å². The van der Waals surface area contributed by atoms with Crippen molar-refractivity contribution in [3.05, 3.63) is 181 Å². The fourth-order valence-corrected chi connectivity index (χ4v) is 9.33. The summed E-state index contributed by atoms with van der Waals surface area (Å²) in [5.41, 5.74) is 13.6. The van der Waals surface area contributed by atoms with Crippen LogP contribution in [0.3, 0.4) is 0 Å². The lowest BCUT2D eigenvalue weighted by atomic mass is 9.98. The monoisotopic (exact) mass is 670 g/mol. The number of aliphatic imine (C=N–C) groups is 1. The van der Waals surface area contributed by atoms with Gasteiger partial charge in [0, 0.05) is 64.8 Å². The molecule has 1 N–H and O–H groups in total. The summed E-state index contributed by atoms with van der Waals surface area (Å²) in [5.74, 6) is 0. The first-order valence-electron chi connectivity index (χ1n) is 17.3. The Morgan fingerprint density at radius 2 is 1.18 bits per heavy atom. The van der Waals surface area contributed by atoms with Crippen molar-refractivity contribution in [1.29, 1.82) is 0 Å². The molecule has 0 radical (unpaired) electrons. The van der Waals surface area contributed by atoms with Crippen LogP contribution in [0, 0.1) is 0 Å². The number of rotatable bonds is 3. The van der Waals surface area contributed by atoms with Crippen molar-refractivity contribution in [2.45, 2.75) is 6.29 Å². The zero-order chi connectivity index (χ0) is 33.5. The van der Waals surface area contributed by atoms with Gasteiger partial charge in [0.15, 0.2) is 0 Å². The third-order valence-corrected chi connectivity index (χ3v) is 11.5. The molecule has 4 heterocycles. The van der Waals surface area contributed by atoms with Gasteiger partial charge in [-0.25, -0.2) is 4.99 Å². The number of fused-ring (bicyclic) bond motifs is 11. The van der Waals surface area contributed by atoms with E-state index in [4.69, 9.17) is 4.99 Å². The van der Waals surface area contributed by atoms with E-state index in [2.05, 4.69) is 185 Å². The van der Waals surface area contributed by atoms with Gasteiger partial charge in [-0.05, 0) is 42.5 Å². The molecular weight excluding hydrogens is 641 g/mol. The highest BCUT2D eigenvalue weighted by molar-refractivity contribution is 7.25. The van der Waals surface area contributed by atoms with Crippen molar-refractivity contribution < 1.29 is 0 Å². The van der Waals surface area contributed by atoms with E-state index in [0.717, 1.165) is 45.2 Å². The van der Waals surface area contributed by atoms with Gasteiger partial charge in [-0.15, -0.1) is 11.3 Å². The summed E-state index contributed by atoms with van der Waals surface area (Å²) >= 11 is 1.86. The molecule has 9 aromatic rings. The topological polar surface area (TPSA) is 32.6 Å². The van der Waals surface area contributed by atoms with Gasteiger partial charge >= 0.3 is 0 Å². The van der Waals surface area contributed by atoms with Gasteiger partial charge in [0.2, 0.25) is 6.29 Å². The maximum Gasteiger partial charge on any atom is 0.201 e. The minimum absolute atomic E-state index is 0.393. The first-order chi connectivity index (χ1) is 25.3. The smallest absolute Gasteiger partial charge is 0.201 e. The van der Waals surface area contributed by atoms with Crippen molar-refractivity contribution in [2.24, 2.45) is 4.99 Å². The Bertz CT molecular complexity index is 2860. The van der Waals surface area contributed by atoms with Crippen LogP contribution in [-0.2, 0) is 0 Å². The SMILES string of the molecule is c1ccc(C2=NC(N3c4ccccc4-c4c(n(-c5ccc6c(c5)sc5ccccc56)c5ccccc45)-c4ccccc43)Nc3ccccc32)cc1. The van der Waals surface area contributed by atoms with Crippen LogP contribution in [0.1, 0.15) is 11.1 Å². The van der Waals surface area contributed by atoms with E-state index in [-0.39, 0.29) is 0 Å². The molecule has 0 amide bonds. The quantitative estimate of drug-likeness (QED) is 0.203. The molecule has 2 aromatic heterocycles. The highest BCUT2D eigenvalue weighted by Crippen LogP contribution is 2.53. The van der Waals surface area contributed by atoms with Crippen molar-refractivity contribution in [1.82, 2.24) is 4.57 Å². The van der Waals surface area contributed by atoms with Crippen molar-refractivity contribution in [3.8, 4) is 28.1 Å². The molecule has 7 aromatic carbocycles. The Morgan fingerprint density at radius 1 is 0.529 bits per heavy atom. The second-order valence-corrected chi connectivity index (χ2v) is 14.3. The number of para-hydroxylation sites is 4. The van der Waals surface area contributed by atoms with Gasteiger partial charge in [-0.3, -0.25) is 0 Å². The summed E-state index contributed by atoms with van der Waals surface area (Å²) in [7, 11) is 0. The lowest BCUT2D eigenvalue weighted by Gasteiger charge is -2.36. The molecule has 11 rings (SSSR count). The molecule has 0 spiro atoms. The van der Waals surface area contributed by atoms with E-state index in [1.165, 1.54) is 47.9 Å². The number of nitrogens with zero attached hydrogens (tertiary/aromatic N) is 3. The van der Waals surface area contributed by atoms with Crippen LogP contribution >= 0.6 is 11.3 Å². The van der Waals surface area contributed by atoms with Crippen molar-refractivity contribution in [2.75, 3.05) is 10.2 Å². The molecule has 240 valence electrons. The molecule has 2 aliphatic heterocycles. The number of thiophene rings is 1. The maximum atomic E-state index is 5.53. The van der Waals surface area contributed by atoms with Gasteiger partial charge in [0.1, 0.15) is 0 Å². The molecular formula is C46H30N4S. The number of hydrogen-bond donors (Lipinski definition) is 1. The average molecular weight is 671 g/mol. The highest BCUT2D eigenvalue weighted by Gasteiger charge is 2.35. The number of nitrogens with one attached hydrogen (secondary N) is 1. The minimum Gasteiger partial charge on any atom is -0.346 e. The summed E-state index contributed by atoms with van der Waals surface area (Å²) in [4.78, 5) is 7.93. The van der Waals surface area contributed by atoms with E-state index in [1.54, 1.807) is 0 Å². The Morgan fingerprint density at radius 3 is 2.04 bits per heavy atom. The number of hydrogen-bond acceptors (Lipinski definition) is 4. The van der Waals surface area contributed by atoms with Crippen LogP contribution in [0.25, 0.3) is 59.1 Å². The normalized spacial score (nSPS) is 14.7. The van der Waals surface area contributed by atoms with Gasteiger partial charge in [0.25, 0.3) is 0 Å². The van der Waals surface area contributed by atoms with Crippen LogP contribution in [0.5, 0.6) is 0 Å². The molecule has 0 saturated carbocycles. The average Bonchev–Trinajstić information content (AvgIpc) is 3.70. The predicted octanol–water partition coefficient (Wildman–Crippen LogP) is 12.0. The molecule has 1 unspecified atom stereocenters. The van der Waals surface area contributed by atoms with Gasteiger partial charge in [-0.2, -0.15) is 0 Å². The van der Waals surface area contributed by atoms with E-state index in [0.29, 0.717) is 0 Å². The summed E-state index contributed by atoms with van der Waals surface area (Å²) in [6.07, 6.45) is -0.393. The van der Waals surface area contributed by atoms with Gasteiger partial charge < -0.3 is 14.8 Å². The first kappa shape index (κ1) is 28.4. The molecule has 0 bridgehead atoms. The lowest BCUT2D eigenvalue weighted by molar-refractivity contribution is 0.764. The Balaban J connectivity index is 1.20. The standard InChI is InChI=1S/C46H30N4S/c1-2-14-29(15-3-1)44-33-17-4-9-21-37(33)47-46(48-44)50-39-23-11-6-19-35(39)43-34-18-5-10-22-38(34)49(45(43)36-20-7-12-24-40(36)50)30-26-27-32-31-16-8-13-25-41(31)51-42(32)28-30/h1-28,46-47H. The zero-order valence-corrected chi connectivity index (χ0v) is 28.3. The number of benzene rings is 7. The largest absolute Gasteiger partial charge is 0.346 e. The molecule has 5 heteroatoms. The lowest BCUT2D eigenvalue weighted by Crippen LogP contribution is -2.40. The third kappa shape index (κ3) is 4.22. The number of anilines is 3. The van der Waals surface area contributed by atoms with E-state index >= 15 is 0 Å². The van der Waals surface area contributed by atoms with Crippen LogP contribution in [0.4, 0.5) is 17.1 Å². The van der Waals surface area contributed by atoms with Crippen molar-refractivity contribution >= 4 is 65.2 Å². The Kier molecular flexibility index (Phi) is 6.15. The Labute approximate surface area is 299 Å². The third-order valence-electron chi connectivity index (χ3n) is 10.4.